The van der Waals surface area contributed by atoms with E-state index in [9.17, 15) is 4.79 Å². The molecule has 1 aliphatic rings. The molecule has 0 aliphatic carbocycles. The average Bonchev–Trinajstić information content (AvgIpc) is 2.19. The first-order valence-corrected chi connectivity index (χ1v) is 6.77. The normalized spacial score (nSPS) is 16.4. The van der Waals surface area contributed by atoms with E-state index in [-0.39, 0.29) is 11.6 Å². The maximum absolute atomic E-state index is 12.5. The van der Waals surface area contributed by atoms with Crippen LogP contribution in [0, 0.1) is 6.92 Å². The van der Waals surface area contributed by atoms with E-state index in [1.54, 1.807) is 0 Å². The Morgan fingerprint density at radius 1 is 1.28 bits per heavy atom. The number of nitrogens with zero attached hydrogens (tertiary/aromatic N) is 1. The predicted molar refractivity (Wildman–Crippen MR) is 73.5 cm³/mol. The topological polar surface area (TPSA) is 31.2 Å². The molecule has 0 unspecified atom stereocenters. The van der Waals surface area contributed by atoms with Crippen LogP contribution in [-0.2, 0) is 4.74 Å². The summed E-state index contributed by atoms with van der Waals surface area (Å²) < 4.78 is 7.22. The molecule has 3 nitrogen and oxygen atoms in total. The second-order valence-corrected chi connectivity index (χ2v) is 5.81. The Labute approximate surface area is 109 Å². The number of aromatic nitrogens is 1. The van der Waals surface area contributed by atoms with Crippen molar-refractivity contribution in [1.29, 1.82) is 0 Å². The summed E-state index contributed by atoms with van der Waals surface area (Å²) in [6, 6.07) is 2.42. The summed E-state index contributed by atoms with van der Waals surface area (Å²) in [6.07, 6.45) is 0. The van der Waals surface area contributed by atoms with Crippen molar-refractivity contribution in [3.8, 4) is 0 Å². The predicted octanol–water partition coefficient (Wildman–Crippen LogP) is 2.97. The molecule has 18 heavy (non-hydrogen) atoms. The molecular weight excluding hydrogens is 226 g/mol. The van der Waals surface area contributed by atoms with E-state index in [0.717, 1.165) is 24.5 Å². The Morgan fingerprint density at radius 3 is 2.28 bits per heavy atom. The van der Waals surface area contributed by atoms with Crippen molar-refractivity contribution < 1.29 is 4.74 Å². The molecule has 0 saturated carbocycles. The molecule has 100 valence electrons. The highest BCUT2D eigenvalue weighted by molar-refractivity contribution is 5.32. The van der Waals surface area contributed by atoms with Crippen molar-refractivity contribution in [3.63, 3.8) is 0 Å². The third-order valence-electron chi connectivity index (χ3n) is 3.75. The molecule has 3 heteroatoms. The summed E-state index contributed by atoms with van der Waals surface area (Å²) in [7, 11) is 0. The lowest BCUT2D eigenvalue weighted by molar-refractivity contribution is 0.00446. The van der Waals surface area contributed by atoms with E-state index in [2.05, 4.69) is 33.8 Å². The standard InChI is InChI=1S/C15H23NO2/c1-9(2)13-6-14(12-7-18-8-12)16(10(3)4)15(17)11(13)5/h6,9-10,12H,7-8H2,1-5H3. The SMILES string of the molecule is Cc1c(C(C)C)cc(C2COC2)n(C(C)C)c1=O. The third-order valence-corrected chi connectivity index (χ3v) is 3.75. The molecule has 0 spiro atoms. The summed E-state index contributed by atoms with van der Waals surface area (Å²) in [5.74, 6) is 0.775. The van der Waals surface area contributed by atoms with Gasteiger partial charge in [-0.1, -0.05) is 13.8 Å². The van der Waals surface area contributed by atoms with Gasteiger partial charge in [-0.3, -0.25) is 4.79 Å². The molecular formula is C15H23NO2. The van der Waals surface area contributed by atoms with Crippen LogP contribution >= 0.6 is 0 Å². The van der Waals surface area contributed by atoms with Crippen molar-refractivity contribution in [2.75, 3.05) is 13.2 Å². The molecule has 0 atom stereocenters. The zero-order valence-electron chi connectivity index (χ0n) is 12.0. The molecule has 0 bridgehead atoms. The van der Waals surface area contributed by atoms with Gasteiger partial charge >= 0.3 is 0 Å². The largest absolute Gasteiger partial charge is 0.380 e. The number of pyridine rings is 1. The Kier molecular flexibility index (Phi) is 3.62. The Balaban J connectivity index is 2.64. The molecule has 1 aliphatic heterocycles. The summed E-state index contributed by atoms with van der Waals surface area (Å²) >= 11 is 0. The quantitative estimate of drug-likeness (QED) is 0.824. The Bertz CT molecular complexity index is 496. The summed E-state index contributed by atoms with van der Waals surface area (Å²) in [4.78, 5) is 12.5. The van der Waals surface area contributed by atoms with Crippen LogP contribution in [0.2, 0.25) is 0 Å². The maximum atomic E-state index is 12.5. The fourth-order valence-electron chi connectivity index (χ4n) is 2.61. The Morgan fingerprint density at radius 2 is 1.89 bits per heavy atom. The van der Waals surface area contributed by atoms with Gasteiger partial charge in [0.15, 0.2) is 0 Å². The number of rotatable bonds is 3. The average molecular weight is 249 g/mol. The van der Waals surface area contributed by atoms with Crippen LogP contribution in [0.1, 0.15) is 62.4 Å². The van der Waals surface area contributed by atoms with Gasteiger partial charge in [-0.05, 0) is 38.3 Å². The first kappa shape index (κ1) is 13.3. The van der Waals surface area contributed by atoms with E-state index >= 15 is 0 Å². The third kappa shape index (κ3) is 2.12. The summed E-state index contributed by atoms with van der Waals surface area (Å²) in [5, 5.41) is 0. The van der Waals surface area contributed by atoms with Gasteiger partial charge < -0.3 is 9.30 Å². The van der Waals surface area contributed by atoms with Gasteiger partial charge in [-0.15, -0.1) is 0 Å². The second kappa shape index (κ2) is 4.88. The van der Waals surface area contributed by atoms with Gasteiger partial charge in [-0.2, -0.15) is 0 Å². The number of ether oxygens (including phenoxy) is 1. The monoisotopic (exact) mass is 249 g/mol. The lowest BCUT2D eigenvalue weighted by Gasteiger charge is -2.31. The molecule has 1 saturated heterocycles. The van der Waals surface area contributed by atoms with Crippen molar-refractivity contribution >= 4 is 0 Å². The van der Waals surface area contributed by atoms with Gasteiger partial charge in [0.25, 0.3) is 5.56 Å². The van der Waals surface area contributed by atoms with Crippen LogP contribution < -0.4 is 5.56 Å². The lowest BCUT2D eigenvalue weighted by atomic mass is 9.93. The molecule has 0 radical (unpaired) electrons. The van der Waals surface area contributed by atoms with E-state index in [0.29, 0.717) is 11.8 Å². The number of hydrogen-bond donors (Lipinski definition) is 0. The minimum Gasteiger partial charge on any atom is -0.380 e. The van der Waals surface area contributed by atoms with Crippen molar-refractivity contribution in [2.24, 2.45) is 0 Å². The van der Waals surface area contributed by atoms with E-state index in [1.165, 1.54) is 5.56 Å². The van der Waals surface area contributed by atoms with Crippen molar-refractivity contribution in [3.05, 3.63) is 33.2 Å². The van der Waals surface area contributed by atoms with Gasteiger partial charge in [0, 0.05) is 23.2 Å². The summed E-state index contributed by atoms with van der Waals surface area (Å²) in [5.41, 5.74) is 3.38. The Hall–Kier alpha value is -1.09. The highest BCUT2D eigenvalue weighted by Gasteiger charge is 2.26. The van der Waals surface area contributed by atoms with E-state index in [1.807, 2.05) is 11.5 Å². The number of hydrogen-bond acceptors (Lipinski definition) is 2. The first-order chi connectivity index (χ1) is 8.43. The molecule has 1 aromatic rings. The fraction of sp³-hybridized carbons (Fsp3) is 0.667. The maximum Gasteiger partial charge on any atom is 0.254 e. The first-order valence-electron chi connectivity index (χ1n) is 6.77. The van der Waals surface area contributed by atoms with Crippen molar-refractivity contribution in [1.82, 2.24) is 4.57 Å². The van der Waals surface area contributed by atoms with E-state index < -0.39 is 0 Å². The molecule has 2 heterocycles. The molecule has 2 rings (SSSR count). The molecule has 0 N–H and O–H groups in total. The van der Waals surface area contributed by atoms with Crippen LogP contribution in [0.4, 0.5) is 0 Å². The molecule has 1 aromatic heterocycles. The van der Waals surface area contributed by atoms with Crippen LogP contribution in [0.25, 0.3) is 0 Å². The van der Waals surface area contributed by atoms with Gasteiger partial charge in [0.1, 0.15) is 0 Å². The van der Waals surface area contributed by atoms with Crippen LogP contribution in [0.3, 0.4) is 0 Å². The highest BCUT2D eigenvalue weighted by Crippen LogP contribution is 2.28. The molecule has 0 aromatic carbocycles. The smallest absolute Gasteiger partial charge is 0.254 e. The van der Waals surface area contributed by atoms with Crippen LogP contribution in [-0.4, -0.2) is 17.8 Å². The molecule has 0 amide bonds. The van der Waals surface area contributed by atoms with Gasteiger partial charge in [-0.25, -0.2) is 0 Å². The zero-order valence-corrected chi connectivity index (χ0v) is 12.0. The van der Waals surface area contributed by atoms with Crippen molar-refractivity contribution in [2.45, 2.75) is 52.5 Å². The van der Waals surface area contributed by atoms with Gasteiger partial charge in [0.2, 0.25) is 0 Å². The van der Waals surface area contributed by atoms with Crippen LogP contribution in [0.5, 0.6) is 0 Å². The summed E-state index contributed by atoms with van der Waals surface area (Å²) in [6.45, 7) is 11.8. The molecule has 1 fully saturated rings. The minimum absolute atomic E-state index is 0.165. The zero-order chi connectivity index (χ0) is 13.4. The van der Waals surface area contributed by atoms with Gasteiger partial charge in [0.05, 0.1) is 13.2 Å². The lowest BCUT2D eigenvalue weighted by Crippen LogP contribution is -2.35. The second-order valence-electron chi connectivity index (χ2n) is 5.81. The highest BCUT2D eigenvalue weighted by atomic mass is 16.5. The minimum atomic E-state index is 0.165. The van der Waals surface area contributed by atoms with E-state index in [4.69, 9.17) is 4.74 Å². The van der Waals surface area contributed by atoms with Crippen LogP contribution in [0.15, 0.2) is 10.9 Å². The fourth-order valence-corrected chi connectivity index (χ4v) is 2.61.